The van der Waals surface area contributed by atoms with Gasteiger partial charge in [0.25, 0.3) is 11.8 Å². The van der Waals surface area contributed by atoms with Gasteiger partial charge in [0.05, 0.1) is 51.7 Å². The summed E-state index contributed by atoms with van der Waals surface area (Å²) in [5, 5.41) is 0. The molecule has 2 saturated heterocycles. The van der Waals surface area contributed by atoms with Crippen molar-refractivity contribution in [1.82, 2.24) is 14.7 Å². The fourth-order valence-electron chi connectivity index (χ4n) is 6.97. The number of methoxy groups -OCH3 is 5. The number of thioether (sulfide) groups is 2. The Kier molecular flexibility index (Phi) is 16.4. The van der Waals surface area contributed by atoms with Gasteiger partial charge >= 0.3 is 0 Å². The summed E-state index contributed by atoms with van der Waals surface area (Å²) < 4.78 is 39.3. The molecule has 5 rings (SSSR count). The van der Waals surface area contributed by atoms with Gasteiger partial charge in [-0.1, -0.05) is 19.9 Å². The summed E-state index contributed by atoms with van der Waals surface area (Å²) >= 11 is 3.77. The van der Waals surface area contributed by atoms with E-state index in [0.717, 1.165) is 29.9 Å². The molecule has 59 heavy (non-hydrogen) atoms. The van der Waals surface area contributed by atoms with E-state index in [4.69, 9.17) is 38.9 Å². The molecular formula is C43H54N4O10S2. The first kappa shape index (κ1) is 44.7. The molecule has 318 valence electrons. The van der Waals surface area contributed by atoms with Crippen LogP contribution in [0.2, 0.25) is 0 Å². The number of carbonyl (C=O) groups excluding carboxylic acids is 3. The minimum atomic E-state index is -0.193. The lowest BCUT2D eigenvalue weighted by atomic mass is 10.1. The van der Waals surface area contributed by atoms with E-state index in [1.165, 1.54) is 54.1 Å². The lowest BCUT2D eigenvalue weighted by molar-refractivity contribution is -0.127. The van der Waals surface area contributed by atoms with Crippen molar-refractivity contribution in [3.63, 3.8) is 0 Å². The second kappa shape index (κ2) is 21.6. The van der Waals surface area contributed by atoms with Gasteiger partial charge in [-0.15, -0.1) is 23.5 Å². The van der Waals surface area contributed by atoms with Crippen LogP contribution in [0.15, 0.2) is 61.1 Å². The maximum atomic E-state index is 13.8. The van der Waals surface area contributed by atoms with Crippen LogP contribution in [0, 0.1) is 0 Å². The van der Waals surface area contributed by atoms with Crippen molar-refractivity contribution < 1.29 is 47.5 Å². The Hall–Kier alpha value is -5.35. The van der Waals surface area contributed by atoms with E-state index in [9.17, 15) is 14.4 Å². The molecule has 0 radical (unpaired) electrons. The Labute approximate surface area is 354 Å². The Balaban J connectivity index is 1.15. The number of ether oxygens (including phenoxy) is 7. The van der Waals surface area contributed by atoms with Gasteiger partial charge in [0.2, 0.25) is 11.7 Å². The number of anilines is 1. The van der Waals surface area contributed by atoms with E-state index < -0.39 is 0 Å². The molecule has 0 unspecified atom stereocenters. The molecule has 0 aromatic heterocycles. The molecule has 3 amide bonds. The number of nitrogen functional groups attached to an aromatic ring is 1. The Morgan fingerprint density at radius 3 is 1.90 bits per heavy atom. The number of piperazine rings is 1. The number of likely N-dealkylation sites (tertiary alicyclic amines) is 1. The first-order valence-corrected chi connectivity index (χ1v) is 21.4. The molecule has 2 aliphatic rings. The van der Waals surface area contributed by atoms with Crippen molar-refractivity contribution in [2.75, 3.05) is 85.5 Å². The van der Waals surface area contributed by atoms with Gasteiger partial charge in [-0.05, 0) is 66.3 Å². The van der Waals surface area contributed by atoms with Crippen molar-refractivity contribution in [2.24, 2.45) is 0 Å². The smallest absolute Gasteiger partial charge is 0.256 e. The minimum absolute atomic E-state index is 0.108. The molecule has 2 heterocycles. The fraction of sp³-hybridized carbons (Fsp3) is 0.419. The van der Waals surface area contributed by atoms with Gasteiger partial charge < -0.3 is 53.6 Å². The highest BCUT2D eigenvalue weighted by Gasteiger charge is 2.36. The molecule has 2 fully saturated rings. The van der Waals surface area contributed by atoms with Crippen LogP contribution in [-0.4, -0.2) is 123 Å². The topological polar surface area (TPSA) is 152 Å². The number of nitrogens with zero attached hydrogens (tertiary/aromatic N) is 3. The third kappa shape index (κ3) is 10.8. The van der Waals surface area contributed by atoms with Crippen molar-refractivity contribution in [3.8, 4) is 40.2 Å². The number of carbonyl (C=O) groups is 3. The maximum absolute atomic E-state index is 13.8. The van der Waals surface area contributed by atoms with Crippen LogP contribution in [0.25, 0.3) is 6.08 Å². The molecule has 0 saturated carbocycles. The second-order valence-electron chi connectivity index (χ2n) is 13.4. The average Bonchev–Trinajstić information content (AvgIpc) is 3.76. The van der Waals surface area contributed by atoms with Gasteiger partial charge in [-0.25, -0.2) is 0 Å². The van der Waals surface area contributed by atoms with E-state index in [0.29, 0.717) is 94.4 Å². The lowest BCUT2D eigenvalue weighted by Crippen LogP contribution is -2.50. The highest BCUT2D eigenvalue weighted by molar-refractivity contribution is 8.17. The van der Waals surface area contributed by atoms with Gasteiger partial charge in [-0.3, -0.25) is 14.4 Å². The fourth-order valence-corrected chi connectivity index (χ4v) is 9.84. The zero-order valence-corrected chi connectivity index (χ0v) is 36.3. The van der Waals surface area contributed by atoms with Gasteiger partial charge in [0.15, 0.2) is 34.5 Å². The van der Waals surface area contributed by atoms with E-state index >= 15 is 0 Å². The predicted octanol–water partition coefficient (Wildman–Crippen LogP) is 6.68. The Morgan fingerprint density at radius 2 is 1.31 bits per heavy atom. The summed E-state index contributed by atoms with van der Waals surface area (Å²) in [4.78, 5) is 45.5. The van der Waals surface area contributed by atoms with Crippen molar-refractivity contribution >= 4 is 53.0 Å². The first-order valence-electron chi connectivity index (χ1n) is 19.3. The normalized spacial score (nSPS) is 15.5. The molecule has 0 spiro atoms. The van der Waals surface area contributed by atoms with E-state index in [1.807, 2.05) is 28.4 Å². The van der Waals surface area contributed by atoms with E-state index in [-0.39, 0.29) is 23.8 Å². The number of hydrogen-bond donors (Lipinski definition) is 1. The van der Waals surface area contributed by atoms with Gasteiger partial charge in [0.1, 0.15) is 12.5 Å². The molecule has 2 N–H and O–H groups in total. The zero-order valence-electron chi connectivity index (χ0n) is 34.7. The summed E-state index contributed by atoms with van der Waals surface area (Å²) in [6.45, 7) is 6.47. The maximum Gasteiger partial charge on any atom is 0.256 e. The van der Waals surface area contributed by atoms with E-state index in [2.05, 4.69) is 13.8 Å². The summed E-state index contributed by atoms with van der Waals surface area (Å²) in [6.07, 6.45) is 7.81. The number of hydrogen-bond acceptors (Lipinski definition) is 13. The van der Waals surface area contributed by atoms with Crippen molar-refractivity contribution in [1.29, 1.82) is 0 Å². The molecule has 16 heteroatoms. The third-order valence-corrected chi connectivity index (χ3v) is 12.7. The largest absolute Gasteiger partial charge is 0.493 e. The standard InChI is InChI=1S/C43H54N4O10S2/c1-8-58-43(59-9-2)32-11-10-16-47(32)42(50)30-26-35(52-4)36(27-31(30)44)57-22-21-56-33-14-12-28(23-34(33)51-3)13-15-39(48)45-17-19-46(20-18-45)41(49)29-24-37(53-5)40(55-7)38(25-29)54-6/h12-15,21-27,32,43H,8-11,16-20,44H2,1-7H3/b15-13+,22-21+/t32-/m0/s1. The summed E-state index contributed by atoms with van der Waals surface area (Å²) in [7, 11) is 7.53. The molecule has 3 aromatic carbocycles. The van der Waals surface area contributed by atoms with Crippen LogP contribution in [0.5, 0.6) is 40.2 Å². The number of amides is 3. The zero-order chi connectivity index (χ0) is 42.5. The summed E-state index contributed by atoms with van der Waals surface area (Å²) in [5.74, 6) is 4.22. The van der Waals surface area contributed by atoms with E-state index in [1.54, 1.807) is 58.3 Å². The van der Waals surface area contributed by atoms with Crippen molar-refractivity contribution in [3.05, 3.63) is 77.8 Å². The summed E-state index contributed by atoms with van der Waals surface area (Å²) in [5.41, 5.74) is 8.23. The van der Waals surface area contributed by atoms with Crippen LogP contribution in [0.3, 0.4) is 0 Å². The molecule has 1 atom stereocenters. The van der Waals surface area contributed by atoms with Crippen LogP contribution >= 0.6 is 23.5 Å². The predicted molar refractivity (Wildman–Crippen MR) is 233 cm³/mol. The lowest BCUT2D eigenvalue weighted by Gasteiger charge is -2.34. The molecule has 3 aromatic rings. The average molecular weight is 851 g/mol. The van der Waals surface area contributed by atoms with Crippen molar-refractivity contribution in [2.45, 2.75) is 37.3 Å². The van der Waals surface area contributed by atoms with Crippen LogP contribution in [0.1, 0.15) is 53.0 Å². The minimum Gasteiger partial charge on any atom is -0.493 e. The molecular weight excluding hydrogens is 797 g/mol. The van der Waals surface area contributed by atoms with Gasteiger partial charge in [0, 0.05) is 56.1 Å². The SMILES string of the molecule is CCSC(SCC)[C@@H]1CCCN1C(=O)c1cc(OC)c(O/C=C/Oc2ccc(/C=C/C(=O)N3CCN(C(=O)c4cc(OC)c(OC)c(OC)c4)CC3)cc2OC)cc1N. The number of nitrogens with two attached hydrogens (primary N) is 1. The third-order valence-electron chi connectivity index (χ3n) is 9.94. The monoisotopic (exact) mass is 850 g/mol. The highest BCUT2D eigenvalue weighted by Crippen LogP contribution is 2.40. The Bertz CT molecular complexity index is 1970. The first-order chi connectivity index (χ1) is 28.6. The molecule has 0 aliphatic carbocycles. The second-order valence-corrected chi connectivity index (χ2v) is 16.5. The number of rotatable bonds is 18. The molecule has 2 aliphatic heterocycles. The number of benzene rings is 3. The highest BCUT2D eigenvalue weighted by atomic mass is 32.2. The molecule has 0 bridgehead atoms. The Morgan fingerprint density at radius 1 is 0.712 bits per heavy atom. The molecule has 14 nitrogen and oxygen atoms in total. The quantitative estimate of drug-likeness (QED) is 0.0628. The van der Waals surface area contributed by atoms with Crippen LogP contribution < -0.4 is 38.9 Å². The van der Waals surface area contributed by atoms with Crippen LogP contribution in [-0.2, 0) is 4.79 Å². The van der Waals surface area contributed by atoms with Crippen LogP contribution in [0.4, 0.5) is 5.69 Å². The van der Waals surface area contributed by atoms with Gasteiger partial charge in [-0.2, -0.15) is 0 Å². The summed E-state index contributed by atoms with van der Waals surface area (Å²) in [6, 6.07) is 11.8.